The van der Waals surface area contributed by atoms with Gasteiger partial charge in [0, 0.05) is 0 Å². The zero-order valence-corrected chi connectivity index (χ0v) is 13.4. The molecule has 0 radical (unpaired) electrons. The van der Waals surface area contributed by atoms with Crippen LogP contribution in [0.5, 0.6) is 0 Å². The van der Waals surface area contributed by atoms with Crippen molar-refractivity contribution in [3.8, 4) is 0 Å². The molecule has 0 aliphatic rings. The van der Waals surface area contributed by atoms with Gasteiger partial charge in [-0.25, -0.2) is 4.79 Å². The van der Waals surface area contributed by atoms with Crippen LogP contribution in [0.15, 0.2) is 30.3 Å². The molecule has 2 atom stereocenters. The maximum absolute atomic E-state index is 12.0. The maximum atomic E-state index is 12.0. The van der Waals surface area contributed by atoms with Crippen molar-refractivity contribution in [3.63, 3.8) is 0 Å². The van der Waals surface area contributed by atoms with Crippen LogP contribution in [-0.4, -0.2) is 30.0 Å². The molecule has 7 heteroatoms. The minimum Gasteiger partial charge on any atom is -0.445 e. The number of hydrogen-bond acceptors (Lipinski definition) is 4. The van der Waals surface area contributed by atoms with Crippen LogP contribution in [0.25, 0.3) is 0 Å². The Bertz CT molecular complexity index is 533. The summed E-state index contributed by atoms with van der Waals surface area (Å²) in [5, 5.41) is 4.92. The number of carbonyl (C=O) groups excluding carboxylic acids is 3. The van der Waals surface area contributed by atoms with Gasteiger partial charge in [-0.05, 0) is 18.9 Å². The molecule has 1 rings (SSSR count). The average Bonchev–Trinajstić information content (AvgIpc) is 2.53. The number of alkyl carbamates (subject to hydrolysis) is 1. The standard InChI is InChI=1S/C16H23N3O4/c1-3-7-13(14(17)20)19-15(21)11(2)18-16(22)23-10-12-8-5-4-6-9-12/h4-6,8-9,11,13H,3,7,10H2,1-2H3,(H2,17,20)(H,18,22)(H,19,21). The molecule has 0 saturated heterocycles. The summed E-state index contributed by atoms with van der Waals surface area (Å²) < 4.78 is 5.03. The fourth-order valence-electron chi connectivity index (χ4n) is 1.88. The van der Waals surface area contributed by atoms with E-state index < -0.39 is 30.0 Å². The molecule has 7 nitrogen and oxygen atoms in total. The van der Waals surface area contributed by atoms with Crippen LogP contribution >= 0.6 is 0 Å². The van der Waals surface area contributed by atoms with Gasteiger partial charge in [-0.3, -0.25) is 9.59 Å². The first kappa shape index (κ1) is 18.5. The lowest BCUT2D eigenvalue weighted by atomic mass is 10.1. The molecular formula is C16H23N3O4. The Hall–Kier alpha value is -2.57. The number of hydrogen-bond donors (Lipinski definition) is 3. The third-order valence-corrected chi connectivity index (χ3v) is 3.18. The lowest BCUT2D eigenvalue weighted by Gasteiger charge is -2.18. The van der Waals surface area contributed by atoms with Crippen LogP contribution in [0, 0.1) is 0 Å². The summed E-state index contributed by atoms with van der Waals surface area (Å²) in [7, 11) is 0. The monoisotopic (exact) mass is 321 g/mol. The Morgan fingerprint density at radius 2 is 1.83 bits per heavy atom. The lowest BCUT2D eigenvalue weighted by Crippen LogP contribution is -2.51. The Labute approximate surface area is 135 Å². The first-order chi connectivity index (χ1) is 10.9. The molecule has 1 aromatic rings. The molecule has 0 fully saturated rings. The molecule has 2 unspecified atom stereocenters. The van der Waals surface area contributed by atoms with Gasteiger partial charge in [0.15, 0.2) is 0 Å². The SMILES string of the molecule is CCCC(NC(=O)C(C)NC(=O)OCc1ccccc1)C(N)=O. The molecule has 3 amide bonds. The smallest absolute Gasteiger partial charge is 0.408 e. The molecule has 4 N–H and O–H groups in total. The van der Waals surface area contributed by atoms with E-state index in [4.69, 9.17) is 10.5 Å². The molecule has 0 aliphatic carbocycles. The fourth-order valence-corrected chi connectivity index (χ4v) is 1.88. The van der Waals surface area contributed by atoms with Crippen molar-refractivity contribution in [2.75, 3.05) is 0 Å². The van der Waals surface area contributed by atoms with E-state index in [0.717, 1.165) is 5.56 Å². The minimum atomic E-state index is -0.836. The summed E-state index contributed by atoms with van der Waals surface area (Å²) in [4.78, 5) is 34.8. The molecule has 1 aromatic carbocycles. The molecule has 126 valence electrons. The van der Waals surface area contributed by atoms with E-state index in [2.05, 4.69) is 10.6 Å². The lowest BCUT2D eigenvalue weighted by molar-refractivity contribution is -0.128. The minimum absolute atomic E-state index is 0.112. The molecule has 0 aromatic heterocycles. The third kappa shape index (κ3) is 6.82. The van der Waals surface area contributed by atoms with Gasteiger partial charge in [0.25, 0.3) is 0 Å². The van der Waals surface area contributed by atoms with Gasteiger partial charge >= 0.3 is 6.09 Å². The van der Waals surface area contributed by atoms with Crippen LogP contribution in [0.2, 0.25) is 0 Å². The first-order valence-corrected chi connectivity index (χ1v) is 7.51. The number of rotatable bonds is 8. The van der Waals surface area contributed by atoms with Gasteiger partial charge in [0.1, 0.15) is 18.7 Å². The van der Waals surface area contributed by atoms with E-state index in [1.165, 1.54) is 6.92 Å². The van der Waals surface area contributed by atoms with Gasteiger partial charge in [-0.2, -0.15) is 0 Å². The van der Waals surface area contributed by atoms with E-state index in [9.17, 15) is 14.4 Å². The Kier molecular flexibility index (Phi) is 7.59. The van der Waals surface area contributed by atoms with Crippen LogP contribution in [0.3, 0.4) is 0 Å². The number of primary amides is 1. The summed E-state index contributed by atoms with van der Waals surface area (Å²) in [6.45, 7) is 3.49. The summed E-state index contributed by atoms with van der Waals surface area (Å²) >= 11 is 0. The van der Waals surface area contributed by atoms with Gasteiger partial charge in [-0.15, -0.1) is 0 Å². The second kappa shape index (κ2) is 9.45. The molecule has 0 aliphatic heterocycles. The van der Waals surface area contributed by atoms with E-state index in [0.29, 0.717) is 12.8 Å². The van der Waals surface area contributed by atoms with Crippen LogP contribution in [0.1, 0.15) is 32.3 Å². The van der Waals surface area contributed by atoms with Crippen molar-refractivity contribution in [1.82, 2.24) is 10.6 Å². The second-order valence-electron chi connectivity index (χ2n) is 5.18. The Balaban J connectivity index is 2.41. The number of amides is 3. The molecule has 0 heterocycles. The molecule has 23 heavy (non-hydrogen) atoms. The van der Waals surface area contributed by atoms with Crippen molar-refractivity contribution in [2.24, 2.45) is 5.73 Å². The quantitative estimate of drug-likeness (QED) is 0.665. The van der Waals surface area contributed by atoms with Gasteiger partial charge in [0.05, 0.1) is 0 Å². The highest BCUT2D eigenvalue weighted by Crippen LogP contribution is 2.01. The summed E-state index contributed by atoms with van der Waals surface area (Å²) in [6.07, 6.45) is 0.448. The number of nitrogens with two attached hydrogens (primary N) is 1. The van der Waals surface area contributed by atoms with Crippen molar-refractivity contribution in [1.29, 1.82) is 0 Å². The number of benzene rings is 1. The second-order valence-corrected chi connectivity index (χ2v) is 5.18. The predicted octanol–water partition coefficient (Wildman–Crippen LogP) is 1.07. The van der Waals surface area contributed by atoms with Crippen molar-refractivity contribution in [3.05, 3.63) is 35.9 Å². The highest BCUT2D eigenvalue weighted by atomic mass is 16.5. The van der Waals surface area contributed by atoms with Crippen LogP contribution in [0.4, 0.5) is 4.79 Å². The molecule has 0 bridgehead atoms. The molecular weight excluding hydrogens is 298 g/mol. The first-order valence-electron chi connectivity index (χ1n) is 7.51. The Morgan fingerprint density at radius 3 is 2.39 bits per heavy atom. The molecule has 0 saturated carbocycles. The number of ether oxygens (including phenoxy) is 1. The summed E-state index contributed by atoms with van der Waals surface area (Å²) in [5.41, 5.74) is 6.06. The maximum Gasteiger partial charge on any atom is 0.408 e. The predicted molar refractivity (Wildman–Crippen MR) is 85.3 cm³/mol. The van der Waals surface area contributed by atoms with E-state index in [1.54, 1.807) is 0 Å². The zero-order chi connectivity index (χ0) is 17.2. The average molecular weight is 321 g/mol. The third-order valence-electron chi connectivity index (χ3n) is 3.18. The highest BCUT2D eigenvalue weighted by Gasteiger charge is 2.22. The van der Waals surface area contributed by atoms with E-state index in [-0.39, 0.29) is 6.61 Å². The van der Waals surface area contributed by atoms with Gasteiger partial charge < -0.3 is 21.1 Å². The number of carbonyl (C=O) groups is 3. The van der Waals surface area contributed by atoms with E-state index in [1.807, 2.05) is 37.3 Å². The van der Waals surface area contributed by atoms with Crippen LogP contribution < -0.4 is 16.4 Å². The van der Waals surface area contributed by atoms with Crippen molar-refractivity contribution >= 4 is 17.9 Å². The Morgan fingerprint density at radius 1 is 1.17 bits per heavy atom. The van der Waals surface area contributed by atoms with Crippen molar-refractivity contribution < 1.29 is 19.1 Å². The largest absolute Gasteiger partial charge is 0.445 e. The zero-order valence-electron chi connectivity index (χ0n) is 13.4. The normalized spacial score (nSPS) is 12.8. The van der Waals surface area contributed by atoms with Crippen molar-refractivity contribution in [2.45, 2.75) is 45.4 Å². The highest BCUT2D eigenvalue weighted by molar-refractivity contribution is 5.90. The van der Waals surface area contributed by atoms with Gasteiger partial charge in [-0.1, -0.05) is 43.7 Å². The topological polar surface area (TPSA) is 111 Å². The van der Waals surface area contributed by atoms with Gasteiger partial charge in [0.2, 0.25) is 11.8 Å². The fraction of sp³-hybridized carbons (Fsp3) is 0.438. The number of nitrogens with one attached hydrogen (secondary N) is 2. The van der Waals surface area contributed by atoms with Crippen LogP contribution in [-0.2, 0) is 20.9 Å². The summed E-state index contributed by atoms with van der Waals surface area (Å²) in [6, 6.07) is 7.61. The molecule has 0 spiro atoms. The summed E-state index contributed by atoms with van der Waals surface area (Å²) in [5.74, 6) is -1.09. The van der Waals surface area contributed by atoms with E-state index >= 15 is 0 Å².